The Hall–Kier alpha value is -2.01. The van der Waals surface area contributed by atoms with Gasteiger partial charge in [0.05, 0.1) is 6.04 Å². The highest BCUT2D eigenvalue weighted by atomic mass is 16.6. The van der Waals surface area contributed by atoms with Crippen LogP contribution in [0.4, 0.5) is 4.79 Å². The monoisotopic (exact) mass is 292 g/mol. The van der Waals surface area contributed by atoms with Gasteiger partial charge in [0, 0.05) is 27.8 Å². The largest absolute Gasteiger partial charge is 0.447 e. The summed E-state index contributed by atoms with van der Waals surface area (Å²) in [5.74, 6) is 0. The molecule has 0 unspecified atom stereocenters. The fourth-order valence-corrected chi connectivity index (χ4v) is 2.55. The van der Waals surface area contributed by atoms with Crippen molar-refractivity contribution in [1.29, 1.82) is 0 Å². The lowest BCUT2D eigenvalue weighted by Gasteiger charge is -2.09. The second-order valence-corrected chi connectivity index (χ2v) is 5.37. The summed E-state index contributed by atoms with van der Waals surface area (Å²) in [6, 6.07) is 5.33. The van der Waals surface area contributed by atoms with Gasteiger partial charge < -0.3 is 19.9 Å². The molecule has 0 spiro atoms. The predicted molar refractivity (Wildman–Crippen MR) is 82.5 cm³/mol. The Morgan fingerprint density at radius 2 is 2.48 bits per heavy atom. The molecule has 0 radical (unpaired) electrons. The summed E-state index contributed by atoms with van der Waals surface area (Å²) in [5.41, 5.74) is 2.57. The number of nitrogens with zero attached hydrogens (tertiary/aromatic N) is 1. The lowest BCUT2D eigenvalue weighted by Crippen LogP contribution is -2.28. The minimum absolute atomic E-state index is 0.191. The van der Waals surface area contributed by atoms with E-state index in [0.29, 0.717) is 19.4 Å². The highest BCUT2D eigenvalue weighted by molar-refractivity contribution is 5.84. The number of fused-ring (bicyclic) bond motifs is 1. The molecule has 1 aromatic heterocycles. The standard InChI is InChI=1S/C16H21N3O2/c1-19(2)6-5-12-9-17-15-4-3-11(8-14(12)15)7-13-10-21-16(20)18-13/h3-4,8-9,13,17H,5-7,10H2,1-2H3,(H,18,20)/t13-/m0/s1/i1D3/hD2. The number of carbonyl (C=O) groups is 1. The molecule has 1 amide bonds. The zero-order chi connectivity index (χ0) is 19.1. The van der Waals surface area contributed by atoms with Gasteiger partial charge in [0.2, 0.25) is 0 Å². The van der Waals surface area contributed by atoms with Crippen molar-refractivity contribution in [2.75, 3.05) is 27.2 Å². The van der Waals surface area contributed by atoms with Crippen molar-refractivity contribution in [1.82, 2.24) is 15.2 Å². The molecule has 2 heterocycles. The lowest BCUT2D eigenvalue weighted by atomic mass is 10.0. The number of ether oxygens (including phenoxy) is 1. The minimum atomic E-state index is -2.14. The van der Waals surface area contributed by atoms with Crippen molar-refractivity contribution in [3.05, 3.63) is 35.5 Å². The summed E-state index contributed by atoms with van der Waals surface area (Å²) in [4.78, 5) is 13.9. The van der Waals surface area contributed by atoms with Crippen molar-refractivity contribution >= 4 is 17.0 Å². The molecule has 1 fully saturated rings. The van der Waals surface area contributed by atoms with E-state index in [0.717, 1.165) is 27.3 Å². The van der Waals surface area contributed by atoms with E-state index in [1.165, 1.54) is 9.88 Å². The average Bonchev–Trinajstić information content (AvgIpc) is 3.06. The van der Waals surface area contributed by atoms with Gasteiger partial charge >= 0.3 is 6.09 Å². The SMILES string of the molecule is [2H]N1C(=O)OC[C@@H]1Cc1ccc2c(c1)c(CCN(C)C([2H])([2H])[2H])cn2[2H]. The molecule has 21 heavy (non-hydrogen) atoms. The topological polar surface area (TPSA) is 57.4 Å². The molecule has 5 heteroatoms. The first-order valence-corrected chi connectivity index (χ1v) is 6.95. The lowest BCUT2D eigenvalue weighted by molar-refractivity contribution is 0.177. The predicted octanol–water partition coefficient (Wildman–Crippen LogP) is 1.92. The van der Waals surface area contributed by atoms with Gasteiger partial charge in [0.1, 0.15) is 6.61 Å². The first kappa shape index (κ1) is 9.10. The molecule has 112 valence electrons. The third-order valence-electron chi connectivity index (χ3n) is 3.64. The second-order valence-electron chi connectivity index (χ2n) is 5.37. The molecule has 0 saturated carbocycles. The fraction of sp³-hybridized carbons (Fsp3) is 0.438. The van der Waals surface area contributed by atoms with E-state index in [-0.39, 0.29) is 12.6 Å². The Morgan fingerprint density at radius 3 is 3.24 bits per heavy atom. The van der Waals surface area contributed by atoms with Gasteiger partial charge in [-0.25, -0.2) is 4.79 Å². The van der Waals surface area contributed by atoms with Crippen molar-refractivity contribution in [2.24, 2.45) is 0 Å². The molecule has 1 saturated heterocycles. The van der Waals surface area contributed by atoms with Crippen LogP contribution in [0.3, 0.4) is 0 Å². The van der Waals surface area contributed by atoms with Crippen LogP contribution in [0.2, 0.25) is 2.82 Å². The van der Waals surface area contributed by atoms with Crippen LogP contribution in [0.1, 0.15) is 15.2 Å². The van der Waals surface area contributed by atoms with Crippen molar-refractivity contribution in [3.63, 3.8) is 0 Å². The average molecular weight is 292 g/mol. The second kappa shape index (κ2) is 5.77. The Labute approximate surface area is 131 Å². The zero-order valence-corrected chi connectivity index (χ0v) is 11.9. The van der Waals surface area contributed by atoms with E-state index in [1.54, 1.807) is 13.2 Å². The van der Waals surface area contributed by atoms with Crippen molar-refractivity contribution in [3.8, 4) is 0 Å². The Kier molecular flexibility index (Phi) is 2.50. The molecule has 1 aromatic carbocycles. The maximum atomic E-state index is 11.3. The van der Waals surface area contributed by atoms with Crippen molar-refractivity contribution in [2.45, 2.75) is 18.9 Å². The summed E-state index contributed by atoms with van der Waals surface area (Å²) in [6.07, 6.45) is 2.06. The van der Waals surface area contributed by atoms with Crippen LogP contribution in [0, 0.1) is 0 Å². The van der Waals surface area contributed by atoms with Gasteiger partial charge in [-0.05, 0) is 50.1 Å². The Balaban J connectivity index is 1.80. The van der Waals surface area contributed by atoms with E-state index >= 15 is 0 Å². The summed E-state index contributed by atoms with van der Waals surface area (Å²) in [5, 5.41) is 1.74. The Morgan fingerprint density at radius 1 is 1.57 bits per heavy atom. The van der Waals surface area contributed by atoms with Crippen LogP contribution < -0.4 is 5.31 Å². The van der Waals surface area contributed by atoms with Crippen LogP contribution in [-0.4, -0.2) is 49.2 Å². The molecule has 5 nitrogen and oxygen atoms in total. The van der Waals surface area contributed by atoms with Crippen LogP contribution in [0.15, 0.2) is 24.4 Å². The molecule has 2 aromatic rings. The molecular weight excluding hydrogens is 266 g/mol. The molecule has 0 bridgehead atoms. The van der Waals surface area contributed by atoms with E-state index in [9.17, 15) is 4.79 Å². The zero-order valence-electron chi connectivity index (χ0n) is 16.9. The number of H-pyrrole nitrogens is 1. The number of rotatable bonds is 5. The highest BCUT2D eigenvalue weighted by Crippen LogP contribution is 2.21. The molecule has 3 rings (SSSR count). The number of alkyl carbamates (subject to hydrolysis) is 1. The first-order chi connectivity index (χ1) is 12.2. The van der Waals surface area contributed by atoms with Crippen LogP contribution in [0.25, 0.3) is 10.9 Å². The molecule has 1 aliphatic rings. The van der Waals surface area contributed by atoms with Crippen molar-refractivity contribution < 1.29 is 16.5 Å². The molecule has 0 aliphatic carbocycles. The number of likely N-dealkylation sites (N-methyl/N-ethyl adjacent to an activating group) is 1. The number of hydrogen-bond donors (Lipinski definition) is 2. The number of aromatic nitrogens is 1. The smallest absolute Gasteiger partial charge is 0.407 e. The van der Waals surface area contributed by atoms with Crippen LogP contribution >= 0.6 is 0 Å². The Bertz CT molecular complexity index is 820. The maximum absolute atomic E-state index is 11.3. The van der Waals surface area contributed by atoms with Gasteiger partial charge in [-0.15, -0.1) is 0 Å². The van der Waals surface area contributed by atoms with Gasteiger partial charge in [0.15, 0.2) is 2.82 Å². The van der Waals surface area contributed by atoms with E-state index < -0.39 is 13.1 Å². The third kappa shape index (κ3) is 3.19. The number of amides is 1. The molecular formula is C16H21N3O2. The van der Waals surface area contributed by atoms with Crippen LogP contribution in [-0.2, 0) is 17.6 Å². The molecule has 1 aliphatic heterocycles. The number of nitrogens with one attached hydrogen (secondary N) is 2. The van der Waals surface area contributed by atoms with Crippen LogP contribution in [0.5, 0.6) is 0 Å². The summed E-state index contributed by atoms with van der Waals surface area (Å²) in [7, 11) is 1.55. The number of benzene rings is 1. The molecule has 1 atom stereocenters. The highest BCUT2D eigenvalue weighted by Gasteiger charge is 2.22. The van der Waals surface area contributed by atoms with Gasteiger partial charge in [-0.2, -0.15) is 0 Å². The number of cyclic esters (lactones) is 1. The minimum Gasteiger partial charge on any atom is -0.447 e. The maximum Gasteiger partial charge on any atom is 0.407 e. The summed E-state index contributed by atoms with van der Waals surface area (Å²) < 4.78 is 42.9. The van der Waals surface area contributed by atoms with E-state index in [4.69, 9.17) is 11.7 Å². The molecule has 2 N–H and O–H groups in total. The van der Waals surface area contributed by atoms with Gasteiger partial charge in [-0.1, -0.05) is 6.07 Å². The van der Waals surface area contributed by atoms with E-state index in [1.807, 2.05) is 18.2 Å². The number of hydrogen-bond acceptors (Lipinski definition) is 3. The number of carbonyl (C=O) groups excluding carboxylic acids is 1. The first-order valence-electron chi connectivity index (χ1n) is 9.34. The fourth-order valence-electron chi connectivity index (χ4n) is 2.55. The van der Waals surface area contributed by atoms with E-state index in [2.05, 4.69) is 0 Å². The van der Waals surface area contributed by atoms with Gasteiger partial charge in [0.25, 0.3) is 0 Å². The number of aromatic amines is 1. The normalized spacial score (nSPS) is 22.8. The van der Waals surface area contributed by atoms with Gasteiger partial charge in [-0.3, -0.25) is 0 Å². The summed E-state index contributed by atoms with van der Waals surface area (Å²) >= 11 is 0. The third-order valence-corrected chi connectivity index (χ3v) is 3.64. The summed E-state index contributed by atoms with van der Waals surface area (Å²) in [6.45, 7) is -1.60. The quantitative estimate of drug-likeness (QED) is 0.885.